The first-order chi connectivity index (χ1) is 12.7. The van der Waals surface area contributed by atoms with Gasteiger partial charge >= 0.3 is 0 Å². The molecule has 0 spiro atoms. The fraction of sp³-hybridized carbons (Fsp3) is 0.0476. The minimum absolute atomic E-state index is 0.688. The van der Waals surface area contributed by atoms with Gasteiger partial charge in [0.2, 0.25) is 0 Å². The fourth-order valence-corrected chi connectivity index (χ4v) is 2.75. The Bertz CT molecular complexity index is 1050. The van der Waals surface area contributed by atoms with Crippen LogP contribution in [0.4, 0.5) is 5.69 Å². The maximum Gasteiger partial charge on any atom is 0.155 e. The Labute approximate surface area is 156 Å². The van der Waals surface area contributed by atoms with E-state index < -0.39 is 0 Å². The maximum atomic E-state index is 5.93. The number of aliphatic imine (C=N–C) groups is 1. The summed E-state index contributed by atoms with van der Waals surface area (Å²) in [7, 11) is 0. The van der Waals surface area contributed by atoms with E-state index in [0.717, 1.165) is 34.2 Å². The van der Waals surface area contributed by atoms with Crippen LogP contribution in [0.5, 0.6) is 0 Å². The Balaban J connectivity index is 1.76. The zero-order valence-corrected chi connectivity index (χ0v) is 14.9. The lowest BCUT2D eigenvalue weighted by molar-refractivity contribution is 0.545. The first-order valence-corrected chi connectivity index (χ1v) is 8.58. The zero-order valence-electron chi connectivity index (χ0n) is 14.1. The van der Waals surface area contributed by atoms with Gasteiger partial charge in [0, 0.05) is 23.0 Å². The molecule has 0 amide bonds. The molecule has 0 unspecified atom stereocenters. The molecule has 4 aromatic rings. The van der Waals surface area contributed by atoms with Gasteiger partial charge in [0.05, 0.1) is 11.4 Å². The van der Waals surface area contributed by atoms with Gasteiger partial charge in [-0.15, -0.1) is 0 Å². The molecule has 0 fully saturated rings. The third-order valence-electron chi connectivity index (χ3n) is 3.92. The fourth-order valence-electron chi connectivity index (χ4n) is 2.62. The van der Waals surface area contributed by atoms with Crippen molar-refractivity contribution in [2.45, 2.75) is 6.92 Å². The number of aromatic nitrogens is 2. The van der Waals surface area contributed by atoms with Crippen LogP contribution >= 0.6 is 11.6 Å². The van der Waals surface area contributed by atoms with Crippen LogP contribution in [-0.4, -0.2) is 16.0 Å². The molecule has 0 saturated carbocycles. The number of halogens is 1. The van der Waals surface area contributed by atoms with Gasteiger partial charge in [-0.05, 0) is 55.5 Å². The highest BCUT2D eigenvalue weighted by molar-refractivity contribution is 6.30. The summed E-state index contributed by atoms with van der Waals surface area (Å²) >= 11 is 5.93. The van der Waals surface area contributed by atoms with Crippen molar-refractivity contribution >= 4 is 23.5 Å². The minimum atomic E-state index is 0.688. The van der Waals surface area contributed by atoms with E-state index in [2.05, 4.69) is 4.99 Å². The van der Waals surface area contributed by atoms with Gasteiger partial charge < -0.3 is 4.42 Å². The number of aryl methyl sites for hydroxylation is 1. The van der Waals surface area contributed by atoms with E-state index in [-0.39, 0.29) is 0 Å². The average molecular weight is 362 g/mol. The lowest BCUT2D eigenvalue weighted by Gasteiger charge is -1.98. The standard InChI is InChI=1S/C21H16ClN3O/c1-15-7-12-20(26-15)21-16(13-23-18-10-8-17(22)9-11-18)14-25(24-21)19-5-3-2-4-6-19/h2-14H,1H3. The Kier molecular flexibility index (Phi) is 4.42. The molecule has 2 aromatic carbocycles. The van der Waals surface area contributed by atoms with Crippen molar-refractivity contribution in [2.24, 2.45) is 4.99 Å². The Hall–Kier alpha value is -3.11. The van der Waals surface area contributed by atoms with Gasteiger partial charge in [0.25, 0.3) is 0 Å². The third kappa shape index (κ3) is 3.46. The molecular formula is C21H16ClN3O. The second-order valence-corrected chi connectivity index (χ2v) is 6.29. The number of rotatable bonds is 4. The molecule has 0 aliphatic heterocycles. The molecular weight excluding hydrogens is 346 g/mol. The number of para-hydroxylation sites is 1. The maximum absolute atomic E-state index is 5.93. The first-order valence-electron chi connectivity index (χ1n) is 8.20. The van der Waals surface area contributed by atoms with Gasteiger partial charge in [-0.25, -0.2) is 4.68 Å². The minimum Gasteiger partial charge on any atom is -0.460 e. The van der Waals surface area contributed by atoms with E-state index in [4.69, 9.17) is 21.1 Å². The molecule has 0 N–H and O–H groups in total. The second-order valence-electron chi connectivity index (χ2n) is 5.86. The van der Waals surface area contributed by atoms with E-state index in [1.807, 2.05) is 84.5 Å². The van der Waals surface area contributed by atoms with Gasteiger partial charge in [-0.2, -0.15) is 5.10 Å². The van der Waals surface area contributed by atoms with Gasteiger partial charge in [0.15, 0.2) is 5.76 Å². The van der Waals surface area contributed by atoms with Gasteiger partial charge in [0.1, 0.15) is 11.5 Å². The molecule has 0 bridgehead atoms. The summed E-state index contributed by atoms with van der Waals surface area (Å²) in [5.74, 6) is 1.56. The summed E-state index contributed by atoms with van der Waals surface area (Å²) < 4.78 is 7.60. The summed E-state index contributed by atoms with van der Waals surface area (Å²) in [6, 6.07) is 21.2. The Morgan fingerprint density at radius 3 is 2.46 bits per heavy atom. The Morgan fingerprint density at radius 2 is 1.77 bits per heavy atom. The molecule has 0 radical (unpaired) electrons. The largest absolute Gasteiger partial charge is 0.460 e. The van der Waals surface area contributed by atoms with Gasteiger partial charge in [-0.3, -0.25) is 4.99 Å². The monoisotopic (exact) mass is 361 g/mol. The van der Waals surface area contributed by atoms with Crippen LogP contribution < -0.4 is 0 Å². The molecule has 5 heteroatoms. The summed E-state index contributed by atoms with van der Waals surface area (Å²) in [6.07, 6.45) is 3.74. The topological polar surface area (TPSA) is 43.3 Å². The van der Waals surface area contributed by atoms with Crippen molar-refractivity contribution in [3.05, 3.63) is 89.3 Å². The highest BCUT2D eigenvalue weighted by Gasteiger charge is 2.14. The molecule has 2 heterocycles. The van der Waals surface area contributed by atoms with E-state index in [9.17, 15) is 0 Å². The molecule has 0 atom stereocenters. The van der Waals surface area contributed by atoms with E-state index >= 15 is 0 Å². The molecule has 4 rings (SSSR count). The zero-order chi connectivity index (χ0) is 17.9. The molecule has 2 aromatic heterocycles. The normalized spacial score (nSPS) is 11.3. The van der Waals surface area contributed by atoms with Crippen molar-refractivity contribution in [3.8, 4) is 17.1 Å². The lowest BCUT2D eigenvalue weighted by Crippen LogP contribution is -1.93. The van der Waals surface area contributed by atoms with Crippen LogP contribution in [0, 0.1) is 6.92 Å². The summed E-state index contributed by atoms with van der Waals surface area (Å²) in [6.45, 7) is 1.92. The smallest absolute Gasteiger partial charge is 0.155 e. The van der Waals surface area contributed by atoms with Crippen molar-refractivity contribution in [1.82, 2.24) is 9.78 Å². The predicted octanol–water partition coefficient (Wildman–Crippen LogP) is 5.84. The van der Waals surface area contributed by atoms with Crippen molar-refractivity contribution < 1.29 is 4.42 Å². The third-order valence-corrected chi connectivity index (χ3v) is 4.17. The molecule has 128 valence electrons. The molecule has 0 saturated heterocycles. The summed E-state index contributed by atoms with van der Waals surface area (Å²) in [4.78, 5) is 4.54. The predicted molar refractivity (Wildman–Crippen MR) is 105 cm³/mol. The lowest BCUT2D eigenvalue weighted by atomic mass is 10.2. The van der Waals surface area contributed by atoms with Crippen LogP contribution in [0.25, 0.3) is 17.1 Å². The molecule has 0 aliphatic rings. The summed E-state index contributed by atoms with van der Waals surface area (Å²) in [5.41, 5.74) is 3.42. The number of benzene rings is 2. The number of hydrogen-bond acceptors (Lipinski definition) is 3. The van der Waals surface area contributed by atoms with Crippen LogP contribution in [0.2, 0.25) is 5.02 Å². The second kappa shape index (κ2) is 7.02. The Morgan fingerprint density at radius 1 is 1.00 bits per heavy atom. The highest BCUT2D eigenvalue weighted by atomic mass is 35.5. The van der Waals surface area contributed by atoms with Crippen molar-refractivity contribution in [1.29, 1.82) is 0 Å². The van der Waals surface area contributed by atoms with E-state index in [0.29, 0.717) is 5.02 Å². The average Bonchev–Trinajstić information content (AvgIpc) is 3.28. The molecule has 0 aliphatic carbocycles. The van der Waals surface area contributed by atoms with Crippen molar-refractivity contribution in [2.75, 3.05) is 0 Å². The highest BCUT2D eigenvalue weighted by Crippen LogP contribution is 2.25. The van der Waals surface area contributed by atoms with Crippen LogP contribution in [0.15, 0.2) is 82.3 Å². The van der Waals surface area contributed by atoms with Crippen LogP contribution in [0.1, 0.15) is 11.3 Å². The van der Waals surface area contributed by atoms with E-state index in [1.165, 1.54) is 0 Å². The number of hydrogen-bond donors (Lipinski definition) is 0. The van der Waals surface area contributed by atoms with Crippen LogP contribution in [-0.2, 0) is 0 Å². The van der Waals surface area contributed by atoms with E-state index in [1.54, 1.807) is 6.21 Å². The van der Waals surface area contributed by atoms with Crippen LogP contribution in [0.3, 0.4) is 0 Å². The quantitative estimate of drug-likeness (QED) is 0.428. The SMILES string of the molecule is Cc1ccc(-c2nn(-c3ccccc3)cc2C=Nc2ccc(Cl)cc2)o1. The molecule has 26 heavy (non-hydrogen) atoms. The molecule has 4 nitrogen and oxygen atoms in total. The number of nitrogens with zero attached hydrogens (tertiary/aromatic N) is 3. The number of furan rings is 1. The first kappa shape index (κ1) is 16.4. The van der Waals surface area contributed by atoms with Crippen molar-refractivity contribution in [3.63, 3.8) is 0 Å². The summed E-state index contributed by atoms with van der Waals surface area (Å²) in [5, 5.41) is 5.39. The van der Waals surface area contributed by atoms with Gasteiger partial charge in [-0.1, -0.05) is 29.8 Å².